The van der Waals surface area contributed by atoms with Crippen molar-refractivity contribution >= 4 is 30.7 Å². The van der Waals surface area contributed by atoms with Crippen molar-refractivity contribution in [3.63, 3.8) is 0 Å². The minimum atomic E-state index is -0.499. The number of benzene rings is 4. The van der Waals surface area contributed by atoms with Crippen molar-refractivity contribution in [1.82, 2.24) is 36.4 Å². The number of hydrogen-bond donors (Lipinski definition) is 7. The van der Waals surface area contributed by atoms with E-state index in [1.54, 1.807) is 0 Å². The molecule has 0 atom stereocenters. The topological polar surface area (TPSA) is 235 Å². The number of aliphatic hydroxyl groups is 1. The summed E-state index contributed by atoms with van der Waals surface area (Å²) in [6, 6.07) is 38.6. The monoisotopic (exact) mass is 1100 g/mol. The van der Waals surface area contributed by atoms with Gasteiger partial charge in [0.2, 0.25) is 0 Å². The fourth-order valence-electron chi connectivity index (χ4n) is 8.01. The molecule has 0 bridgehead atoms. The predicted molar refractivity (Wildman–Crippen MR) is 310 cm³/mol. The number of rotatable bonds is 22. The van der Waals surface area contributed by atoms with Crippen LogP contribution in [-0.4, -0.2) is 137 Å². The fraction of sp³-hybridized carbons (Fsp3) is 0.525. The number of aldehydes is 1. The van der Waals surface area contributed by atoms with Gasteiger partial charge in [0.25, 0.3) is 0 Å². The molecule has 3 aliphatic heterocycles. The molecule has 4 aromatic rings. The number of hydrogen-bond acceptors (Lipinski definition) is 14. The maximum atomic E-state index is 11.6. The number of nitrogens with zero attached hydrogens (tertiary/aromatic N) is 2. The van der Waals surface area contributed by atoms with E-state index in [1.807, 2.05) is 121 Å². The van der Waals surface area contributed by atoms with Gasteiger partial charge in [0, 0.05) is 45.2 Å². The first-order valence-electron chi connectivity index (χ1n) is 28.3. The van der Waals surface area contributed by atoms with Crippen LogP contribution in [0.15, 0.2) is 121 Å². The number of ether oxygens (including phenoxy) is 4. The molecule has 4 amide bonds. The van der Waals surface area contributed by atoms with Crippen LogP contribution in [0.2, 0.25) is 0 Å². The SMILES string of the molecule is CC1CCN(CCCNC(=O)OCc2ccccc2)CC1.CC1CCNCC1.NC1CCN(CCCNC(=O)OCc2ccccc2)CC1.O=C(NCCCO)OCc1ccccc1.O=CCCNC(=O)OCc1ccccc1. The molecule has 3 fully saturated rings. The highest BCUT2D eigenvalue weighted by Crippen LogP contribution is 2.16. The van der Waals surface area contributed by atoms with Crippen LogP contribution in [0.5, 0.6) is 0 Å². The molecule has 0 radical (unpaired) electrons. The summed E-state index contributed by atoms with van der Waals surface area (Å²) < 4.78 is 20.2. The average Bonchev–Trinajstić information content (AvgIpc) is 3.48. The molecule has 0 aliphatic carbocycles. The Balaban J connectivity index is 0.000000268. The van der Waals surface area contributed by atoms with Gasteiger partial charge >= 0.3 is 24.4 Å². The number of amides is 4. The highest BCUT2D eigenvalue weighted by atomic mass is 16.6. The van der Waals surface area contributed by atoms with E-state index in [-0.39, 0.29) is 32.0 Å². The van der Waals surface area contributed by atoms with Crippen LogP contribution in [0.3, 0.4) is 0 Å². The second-order valence-electron chi connectivity index (χ2n) is 19.8. The Kier molecular flexibility index (Phi) is 37.4. The largest absolute Gasteiger partial charge is 0.445 e. The molecule has 3 saturated heterocycles. The summed E-state index contributed by atoms with van der Waals surface area (Å²) >= 11 is 0. The molecule has 79 heavy (non-hydrogen) atoms. The maximum Gasteiger partial charge on any atom is 0.407 e. The average molecular weight is 1100 g/mol. The van der Waals surface area contributed by atoms with Crippen LogP contribution in [0.25, 0.3) is 0 Å². The first kappa shape index (κ1) is 66.7. The highest BCUT2D eigenvalue weighted by molar-refractivity contribution is 5.68. The van der Waals surface area contributed by atoms with E-state index < -0.39 is 12.2 Å². The van der Waals surface area contributed by atoms with Gasteiger partial charge in [-0.25, -0.2) is 19.2 Å². The van der Waals surface area contributed by atoms with Gasteiger partial charge in [-0.15, -0.1) is 0 Å². The highest BCUT2D eigenvalue weighted by Gasteiger charge is 2.16. The molecule has 18 heteroatoms. The van der Waals surface area contributed by atoms with E-state index in [4.69, 9.17) is 29.8 Å². The summed E-state index contributed by atoms with van der Waals surface area (Å²) in [6.45, 7) is 17.0. The van der Waals surface area contributed by atoms with Crippen LogP contribution in [-0.2, 0) is 50.2 Å². The first-order valence-corrected chi connectivity index (χ1v) is 28.3. The van der Waals surface area contributed by atoms with Crippen molar-refractivity contribution in [2.75, 3.05) is 85.1 Å². The van der Waals surface area contributed by atoms with E-state index in [2.05, 4.69) is 50.2 Å². The molecule has 0 aromatic heterocycles. The molecule has 0 spiro atoms. The van der Waals surface area contributed by atoms with Gasteiger partial charge in [-0.1, -0.05) is 135 Å². The molecule has 7 rings (SSSR count). The van der Waals surface area contributed by atoms with Gasteiger partial charge < -0.3 is 71.0 Å². The van der Waals surface area contributed by atoms with E-state index in [9.17, 15) is 24.0 Å². The van der Waals surface area contributed by atoms with Crippen molar-refractivity contribution < 1.29 is 48.0 Å². The van der Waals surface area contributed by atoms with Crippen LogP contribution >= 0.6 is 0 Å². The summed E-state index contributed by atoms with van der Waals surface area (Å²) in [6.07, 6.45) is 9.39. The van der Waals surface area contributed by atoms with Crippen molar-refractivity contribution in [1.29, 1.82) is 0 Å². The normalized spacial score (nSPS) is 14.7. The quantitative estimate of drug-likeness (QED) is 0.0222. The zero-order valence-electron chi connectivity index (χ0n) is 47.0. The van der Waals surface area contributed by atoms with E-state index in [1.165, 1.54) is 51.9 Å². The molecular formula is C61H92N8O10. The minimum Gasteiger partial charge on any atom is -0.445 e. The number of carbonyl (C=O) groups is 5. The zero-order valence-corrected chi connectivity index (χ0v) is 47.0. The van der Waals surface area contributed by atoms with Crippen LogP contribution < -0.4 is 32.3 Å². The van der Waals surface area contributed by atoms with E-state index in [0.717, 1.165) is 92.2 Å². The molecular weight excluding hydrogens is 1000 g/mol. The zero-order chi connectivity index (χ0) is 56.8. The number of carbonyl (C=O) groups excluding carboxylic acids is 5. The second-order valence-corrected chi connectivity index (χ2v) is 19.8. The van der Waals surface area contributed by atoms with Crippen molar-refractivity contribution in [2.45, 2.75) is 111 Å². The van der Waals surface area contributed by atoms with Crippen LogP contribution in [0, 0.1) is 11.8 Å². The number of piperidine rings is 3. The van der Waals surface area contributed by atoms with Gasteiger partial charge in [-0.3, -0.25) is 0 Å². The summed E-state index contributed by atoms with van der Waals surface area (Å²) in [4.78, 5) is 60.1. The van der Waals surface area contributed by atoms with Gasteiger partial charge in [0.1, 0.15) is 32.7 Å². The Morgan fingerprint density at radius 1 is 0.506 bits per heavy atom. The number of nitrogens with one attached hydrogen (secondary N) is 5. The molecule has 18 nitrogen and oxygen atoms in total. The van der Waals surface area contributed by atoms with Gasteiger partial charge in [0.15, 0.2) is 0 Å². The summed E-state index contributed by atoms with van der Waals surface area (Å²) in [5, 5.41) is 22.4. The second kappa shape index (κ2) is 44.3. The molecule has 0 saturated carbocycles. The minimum absolute atomic E-state index is 0.0684. The van der Waals surface area contributed by atoms with Crippen molar-refractivity contribution in [2.24, 2.45) is 17.6 Å². The lowest BCUT2D eigenvalue weighted by Crippen LogP contribution is -2.40. The summed E-state index contributed by atoms with van der Waals surface area (Å²) in [5.41, 5.74) is 9.77. The Morgan fingerprint density at radius 2 is 0.823 bits per heavy atom. The molecule has 3 heterocycles. The third kappa shape index (κ3) is 36.3. The summed E-state index contributed by atoms with van der Waals surface area (Å²) in [5.74, 6) is 1.84. The Morgan fingerprint density at radius 3 is 1.14 bits per heavy atom. The third-order valence-corrected chi connectivity index (χ3v) is 13.0. The molecule has 3 aliphatic rings. The predicted octanol–water partition coefficient (Wildman–Crippen LogP) is 8.56. The lowest BCUT2D eigenvalue weighted by atomic mass is 9.99. The van der Waals surface area contributed by atoms with Crippen LogP contribution in [0.1, 0.15) is 100 Å². The van der Waals surface area contributed by atoms with E-state index >= 15 is 0 Å². The maximum absolute atomic E-state index is 11.6. The van der Waals surface area contributed by atoms with Gasteiger partial charge in [0.05, 0.1) is 0 Å². The standard InChI is InChI=1S/C17H26N2O2.C16H25N3O2.C11H15NO3.C11H13NO3.C6H13N/c1-15-8-12-19(13-9-15)11-5-10-18-17(20)21-14-16-6-3-2-4-7-16;17-15-7-11-19(12-8-15)10-4-9-18-16(20)21-13-14-5-2-1-3-6-14;2*13-8-4-7-12-11(14)15-9-10-5-2-1-3-6-10;1-6-2-4-7-5-3-6/h2-4,6-7,15H,5,8-14H2,1H3,(H,18,20);1-3,5-6,15H,4,7-13,17H2,(H,18,20);1-3,5-6,13H,4,7-9H2,(H,12,14);1-3,5-6,8H,4,7,9H2,(H,12,14);6-7H,2-5H2,1H3. The van der Waals surface area contributed by atoms with Gasteiger partial charge in [-0.2, -0.15) is 0 Å². The number of nitrogens with two attached hydrogens (primary N) is 1. The van der Waals surface area contributed by atoms with Crippen LogP contribution in [0.4, 0.5) is 19.2 Å². The first-order chi connectivity index (χ1) is 38.5. The molecule has 4 aromatic carbocycles. The smallest absolute Gasteiger partial charge is 0.407 e. The lowest BCUT2D eigenvalue weighted by molar-refractivity contribution is -0.107. The van der Waals surface area contributed by atoms with Gasteiger partial charge in [-0.05, 0) is 144 Å². The number of alkyl carbamates (subject to hydrolysis) is 4. The summed E-state index contributed by atoms with van der Waals surface area (Å²) in [7, 11) is 0. The van der Waals surface area contributed by atoms with Crippen molar-refractivity contribution in [3.8, 4) is 0 Å². The van der Waals surface area contributed by atoms with E-state index in [0.29, 0.717) is 58.3 Å². The molecule has 8 N–H and O–H groups in total. The molecule has 436 valence electrons. The third-order valence-electron chi connectivity index (χ3n) is 13.0. The molecule has 0 unspecified atom stereocenters. The number of likely N-dealkylation sites (tertiary alicyclic amines) is 2. The van der Waals surface area contributed by atoms with Crippen molar-refractivity contribution in [3.05, 3.63) is 144 Å². The Hall–Kier alpha value is -6.57. The Labute approximate surface area is 470 Å². The Bertz CT molecular complexity index is 2060. The fourth-order valence-corrected chi connectivity index (χ4v) is 8.01. The number of aliphatic hydroxyl groups excluding tert-OH is 1. The lowest BCUT2D eigenvalue weighted by Gasteiger charge is -2.30.